The molecule has 0 radical (unpaired) electrons. The highest BCUT2D eigenvalue weighted by Crippen LogP contribution is 2.27. The third kappa shape index (κ3) is 4.18. The van der Waals surface area contributed by atoms with Crippen molar-refractivity contribution in [3.05, 3.63) is 59.7 Å². The molecule has 0 spiro atoms. The van der Waals surface area contributed by atoms with E-state index in [4.69, 9.17) is 0 Å². The first kappa shape index (κ1) is 18.3. The second kappa shape index (κ2) is 8.26. The topological polar surface area (TPSA) is 43.8 Å². The van der Waals surface area contributed by atoms with Gasteiger partial charge in [-0.3, -0.25) is 4.79 Å². The average Bonchev–Trinajstić information content (AvgIpc) is 2.66. The normalized spacial score (nSPS) is 17.2. The zero-order chi connectivity index (χ0) is 18.5. The van der Waals surface area contributed by atoms with E-state index in [0.29, 0.717) is 5.75 Å². The summed E-state index contributed by atoms with van der Waals surface area (Å²) in [6.45, 7) is 0.825. The third-order valence-electron chi connectivity index (χ3n) is 5.18. The Kier molecular flexibility index (Phi) is 5.82. The van der Waals surface area contributed by atoms with E-state index < -0.39 is 0 Å². The van der Waals surface area contributed by atoms with Crippen molar-refractivity contribution in [3.8, 4) is 5.75 Å². The van der Waals surface area contributed by atoms with Crippen LogP contribution in [0.15, 0.2) is 48.5 Å². The number of phenolic OH excluding ortho intramolecular Hbond substituents is 1. The molecule has 2 aromatic carbocycles. The number of para-hydroxylation sites is 1. The van der Waals surface area contributed by atoms with Gasteiger partial charge in [-0.1, -0.05) is 24.3 Å². The quantitative estimate of drug-likeness (QED) is 0.881. The van der Waals surface area contributed by atoms with Gasteiger partial charge >= 0.3 is 0 Å². The van der Waals surface area contributed by atoms with Gasteiger partial charge in [-0.25, -0.2) is 0 Å². The summed E-state index contributed by atoms with van der Waals surface area (Å²) in [4.78, 5) is 17.3. The molecule has 138 valence electrons. The number of nitrogens with zero attached hydrogens (tertiary/aromatic N) is 2. The molecule has 1 saturated heterocycles. The summed E-state index contributed by atoms with van der Waals surface area (Å²) in [5, 5.41) is 9.65. The molecule has 0 saturated carbocycles. The van der Waals surface area contributed by atoms with Crippen LogP contribution >= 0.6 is 0 Å². The van der Waals surface area contributed by atoms with Crippen molar-refractivity contribution >= 4 is 11.6 Å². The van der Waals surface area contributed by atoms with Crippen molar-refractivity contribution in [2.24, 2.45) is 0 Å². The number of anilines is 1. The lowest BCUT2D eigenvalue weighted by molar-refractivity contribution is 0.0602. The number of aromatic hydroxyl groups is 1. The molecule has 1 heterocycles. The Morgan fingerprint density at radius 2 is 1.96 bits per heavy atom. The molecule has 0 aromatic heterocycles. The smallest absolute Gasteiger partial charge is 0.256 e. The van der Waals surface area contributed by atoms with Crippen LogP contribution in [0.1, 0.15) is 41.6 Å². The molecule has 1 aliphatic rings. The van der Waals surface area contributed by atoms with Crippen molar-refractivity contribution in [1.29, 1.82) is 0 Å². The summed E-state index contributed by atoms with van der Waals surface area (Å²) in [5.74, 6) is 0.439. The fraction of sp³-hybridized carbons (Fsp3) is 0.409. The van der Waals surface area contributed by atoms with Gasteiger partial charge < -0.3 is 14.9 Å². The highest BCUT2D eigenvalue weighted by molar-refractivity contribution is 6.00. The fourth-order valence-electron chi connectivity index (χ4n) is 3.81. The summed E-state index contributed by atoms with van der Waals surface area (Å²) < 4.78 is 0. The summed E-state index contributed by atoms with van der Waals surface area (Å²) in [6, 6.07) is 15.5. The van der Waals surface area contributed by atoms with E-state index >= 15 is 0 Å². The first-order valence-electron chi connectivity index (χ1n) is 9.41. The number of phenols is 1. The van der Waals surface area contributed by atoms with E-state index in [2.05, 4.69) is 4.90 Å². The minimum atomic E-state index is 0.134. The molecule has 3 rings (SSSR count). The number of piperidine rings is 1. The largest absolute Gasteiger partial charge is 0.508 e. The molecule has 1 amide bonds. The molecule has 0 bridgehead atoms. The summed E-state index contributed by atoms with van der Waals surface area (Å²) in [7, 11) is 3.95. The van der Waals surface area contributed by atoms with E-state index in [0.717, 1.165) is 49.0 Å². The Hall–Kier alpha value is -2.49. The zero-order valence-electron chi connectivity index (χ0n) is 15.7. The molecule has 1 atom stereocenters. The lowest BCUT2D eigenvalue weighted by Crippen LogP contribution is -2.44. The maximum Gasteiger partial charge on any atom is 0.256 e. The number of rotatable bonds is 5. The van der Waals surface area contributed by atoms with Crippen LogP contribution in [0.3, 0.4) is 0 Å². The molecule has 0 aliphatic carbocycles. The number of benzene rings is 2. The summed E-state index contributed by atoms with van der Waals surface area (Å²) >= 11 is 0. The van der Waals surface area contributed by atoms with Gasteiger partial charge in [-0.15, -0.1) is 0 Å². The van der Waals surface area contributed by atoms with Crippen LogP contribution in [0.5, 0.6) is 5.75 Å². The minimum absolute atomic E-state index is 0.134. The number of amides is 1. The molecule has 2 aromatic rings. The van der Waals surface area contributed by atoms with Gasteiger partial charge in [-0.2, -0.15) is 0 Å². The maximum atomic E-state index is 13.3. The first-order chi connectivity index (χ1) is 12.6. The van der Waals surface area contributed by atoms with E-state index in [1.165, 1.54) is 6.42 Å². The summed E-state index contributed by atoms with van der Waals surface area (Å²) in [6.07, 6.45) is 5.09. The second-order valence-corrected chi connectivity index (χ2v) is 7.27. The number of carbonyl (C=O) groups excluding carboxylic acids is 1. The molecular formula is C22H28N2O2. The molecular weight excluding hydrogens is 324 g/mol. The second-order valence-electron chi connectivity index (χ2n) is 7.27. The number of aryl methyl sites for hydroxylation is 1. The highest BCUT2D eigenvalue weighted by Gasteiger charge is 2.28. The van der Waals surface area contributed by atoms with E-state index in [9.17, 15) is 9.90 Å². The number of hydrogen-bond donors (Lipinski definition) is 1. The van der Waals surface area contributed by atoms with Crippen LogP contribution in [0.25, 0.3) is 0 Å². The Morgan fingerprint density at radius 1 is 1.15 bits per heavy atom. The van der Waals surface area contributed by atoms with Gasteiger partial charge in [0.1, 0.15) is 5.75 Å². The Balaban J connectivity index is 1.75. The van der Waals surface area contributed by atoms with Crippen molar-refractivity contribution in [2.45, 2.75) is 38.1 Å². The fourth-order valence-corrected chi connectivity index (χ4v) is 3.81. The minimum Gasteiger partial charge on any atom is -0.508 e. The van der Waals surface area contributed by atoms with E-state index in [-0.39, 0.29) is 11.9 Å². The van der Waals surface area contributed by atoms with E-state index in [1.807, 2.05) is 61.5 Å². The van der Waals surface area contributed by atoms with Crippen LogP contribution in [0.2, 0.25) is 0 Å². The molecule has 1 N–H and O–H groups in total. The van der Waals surface area contributed by atoms with Crippen molar-refractivity contribution in [1.82, 2.24) is 4.90 Å². The van der Waals surface area contributed by atoms with Crippen LogP contribution < -0.4 is 4.90 Å². The monoisotopic (exact) mass is 352 g/mol. The van der Waals surface area contributed by atoms with Gasteiger partial charge in [0.15, 0.2) is 0 Å². The van der Waals surface area contributed by atoms with E-state index in [1.54, 1.807) is 6.07 Å². The molecule has 4 nitrogen and oxygen atoms in total. The molecule has 4 heteroatoms. The summed E-state index contributed by atoms with van der Waals surface area (Å²) in [5.41, 5.74) is 2.87. The molecule has 0 unspecified atom stereocenters. The zero-order valence-corrected chi connectivity index (χ0v) is 15.7. The Labute approximate surface area is 156 Å². The number of likely N-dealkylation sites (tertiary alicyclic amines) is 1. The van der Waals surface area contributed by atoms with Crippen molar-refractivity contribution in [3.63, 3.8) is 0 Å². The lowest BCUT2D eigenvalue weighted by atomic mass is 9.94. The van der Waals surface area contributed by atoms with Crippen LogP contribution in [0.4, 0.5) is 5.69 Å². The Bertz CT molecular complexity index is 757. The van der Waals surface area contributed by atoms with Gasteiger partial charge in [0.05, 0.1) is 5.56 Å². The predicted octanol–water partition coefficient (Wildman–Crippen LogP) is 4.09. The van der Waals surface area contributed by atoms with Gasteiger partial charge in [0.25, 0.3) is 5.91 Å². The van der Waals surface area contributed by atoms with Gasteiger partial charge in [0, 0.05) is 32.4 Å². The highest BCUT2D eigenvalue weighted by atomic mass is 16.3. The van der Waals surface area contributed by atoms with Crippen molar-refractivity contribution in [2.75, 3.05) is 25.5 Å². The Morgan fingerprint density at radius 3 is 2.73 bits per heavy atom. The van der Waals surface area contributed by atoms with Crippen LogP contribution in [-0.4, -0.2) is 42.6 Å². The first-order valence-corrected chi connectivity index (χ1v) is 9.41. The average molecular weight is 352 g/mol. The van der Waals surface area contributed by atoms with Gasteiger partial charge in [-0.05, 0) is 61.9 Å². The molecule has 1 fully saturated rings. The number of carbonyl (C=O) groups is 1. The lowest BCUT2D eigenvalue weighted by Gasteiger charge is -2.36. The van der Waals surface area contributed by atoms with Crippen LogP contribution in [0, 0.1) is 0 Å². The number of hydrogen-bond acceptors (Lipinski definition) is 3. The SMILES string of the molecule is CN(C)c1ccccc1C(=O)N1CCCC[C@H]1CCc1cccc(O)c1. The standard InChI is InChI=1S/C22H28N2O2/c1-23(2)21-12-4-3-11-20(21)22(26)24-15-6-5-9-18(24)14-13-17-8-7-10-19(25)16-17/h3-4,7-8,10-12,16,18,25H,5-6,9,13-15H2,1-2H3/t18-/m0/s1. The maximum absolute atomic E-state index is 13.3. The van der Waals surface area contributed by atoms with Gasteiger partial charge in [0.2, 0.25) is 0 Å². The molecule has 1 aliphatic heterocycles. The predicted molar refractivity (Wildman–Crippen MR) is 106 cm³/mol. The molecule has 26 heavy (non-hydrogen) atoms. The van der Waals surface area contributed by atoms with Crippen LogP contribution in [-0.2, 0) is 6.42 Å². The van der Waals surface area contributed by atoms with Crippen molar-refractivity contribution < 1.29 is 9.90 Å². The third-order valence-corrected chi connectivity index (χ3v) is 5.18.